The van der Waals surface area contributed by atoms with Crippen LogP contribution >= 0.6 is 0 Å². The Hall–Kier alpha value is -2.06. The molecule has 2 aliphatic carbocycles. The Kier molecular flexibility index (Phi) is 5.28. The Morgan fingerprint density at radius 1 is 1.06 bits per heavy atom. The second-order valence-corrected chi connectivity index (χ2v) is 10.8. The first kappa shape index (κ1) is 21.8. The molecule has 1 heterocycles. The third kappa shape index (κ3) is 3.61. The molecular formula is C24H26F3NO3S. The number of rotatable bonds is 4. The molecule has 0 spiro atoms. The number of nitrogens with zero attached hydrogens (tertiary/aromatic N) is 1. The minimum absolute atomic E-state index is 0.120. The number of likely N-dealkylation sites (tertiary alicyclic amines) is 1. The predicted molar refractivity (Wildman–Crippen MR) is 115 cm³/mol. The number of halogens is 3. The van der Waals surface area contributed by atoms with Crippen LogP contribution in [0.3, 0.4) is 0 Å². The number of fused-ring (bicyclic) bond motifs is 1. The third-order valence-corrected chi connectivity index (χ3v) is 8.62. The van der Waals surface area contributed by atoms with Crippen molar-refractivity contribution in [1.82, 2.24) is 4.90 Å². The molecule has 0 radical (unpaired) electrons. The second kappa shape index (κ2) is 7.76. The molecule has 172 valence electrons. The normalized spacial score (nSPS) is 28.0. The topological polar surface area (TPSA) is 46.6 Å². The Morgan fingerprint density at radius 2 is 1.84 bits per heavy atom. The van der Waals surface area contributed by atoms with Gasteiger partial charge in [-0.05, 0) is 67.0 Å². The first-order valence-corrected chi connectivity index (χ1v) is 12.5. The van der Waals surface area contributed by atoms with E-state index in [4.69, 9.17) is 0 Å². The van der Waals surface area contributed by atoms with Crippen LogP contribution in [0.25, 0.3) is 0 Å². The smallest absolute Gasteiger partial charge is 0.376 e. The van der Waals surface area contributed by atoms with Crippen LogP contribution in [-0.4, -0.2) is 31.4 Å². The molecule has 2 aromatic carbocycles. The molecule has 8 heteroatoms. The number of hydrogen-bond acceptors (Lipinski definition) is 4. The number of benzene rings is 2. The van der Waals surface area contributed by atoms with Crippen molar-refractivity contribution in [3.05, 3.63) is 65.2 Å². The summed E-state index contributed by atoms with van der Waals surface area (Å²) >= 11 is 0. The van der Waals surface area contributed by atoms with Crippen LogP contribution in [0.1, 0.15) is 48.8 Å². The zero-order valence-corrected chi connectivity index (χ0v) is 18.5. The highest BCUT2D eigenvalue weighted by Gasteiger charge is 2.54. The summed E-state index contributed by atoms with van der Waals surface area (Å²) in [6.07, 6.45) is 6.03. The minimum Gasteiger partial charge on any atom is -0.376 e. The van der Waals surface area contributed by atoms with Gasteiger partial charge in [-0.25, -0.2) is 0 Å². The Labute approximate surface area is 186 Å². The molecule has 1 aliphatic heterocycles. The highest BCUT2D eigenvalue weighted by atomic mass is 32.2. The van der Waals surface area contributed by atoms with Crippen LogP contribution in [0.5, 0.6) is 5.75 Å². The van der Waals surface area contributed by atoms with E-state index in [1.807, 2.05) is 6.07 Å². The Balaban J connectivity index is 1.49. The predicted octanol–water partition coefficient (Wildman–Crippen LogP) is 5.17. The molecule has 3 atom stereocenters. The van der Waals surface area contributed by atoms with Crippen LogP contribution < -0.4 is 4.18 Å². The fourth-order valence-corrected chi connectivity index (χ4v) is 6.76. The molecule has 2 aromatic rings. The summed E-state index contributed by atoms with van der Waals surface area (Å²) in [7, 11) is -5.68. The highest BCUT2D eigenvalue weighted by molar-refractivity contribution is 7.88. The van der Waals surface area contributed by atoms with Gasteiger partial charge in [0.05, 0.1) is 0 Å². The average molecular weight is 466 g/mol. The maximum atomic E-state index is 12.8. The number of piperidine rings is 1. The van der Waals surface area contributed by atoms with Gasteiger partial charge in [-0.3, -0.25) is 4.90 Å². The van der Waals surface area contributed by atoms with E-state index in [0.717, 1.165) is 62.7 Å². The van der Waals surface area contributed by atoms with Gasteiger partial charge < -0.3 is 4.18 Å². The van der Waals surface area contributed by atoms with Gasteiger partial charge in [0.25, 0.3) is 0 Å². The molecule has 32 heavy (non-hydrogen) atoms. The fraction of sp³-hybridized carbons (Fsp3) is 0.500. The lowest BCUT2D eigenvalue weighted by Gasteiger charge is -2.59. The van der Waals surface area contributed by atoms with Crippen molar-refractivity contribution in [2.24, 2.45) is 5.92 Å². The van der Waals surface area contributed by atoms with Gasteiger partial charge >= 0.3 is 15.6 Å². The van der Waals surface area contributed by atoms with Crippen molar-refractivity contribution in [2.45, 2.75) is 62.0 Å². The largest absolute Gasteiger partial charge is 0.534 e. The van der Waals surface area contributed by atoms with Crippen LogP contribution in [0.4, 0.5) is 13.2 Å². The molecule has 3 unspecified atom stereocenters. The average Bonchev–Trinajstić information content (AvgIpc) is 2.76. The fourth-order valence-electron chi connectivity index (χ4n) is 6.30. The first-order valence-electron chi connectivity index (χ1n) is 11.1. The molecule has 3 aliphatic rings. The summed E-state index contributed by atoms with van der Waals surface area (Å²) in [6.45, 7) is 1.81. The van der Waals surface area contributed by atoms with Gasteiger partial charge in [0.1, 0.15) is 5.75 Å². The van der Waals surface area contributed by atoms with Crippen molar-refractivity contribution < 1.29 is 25.8 Å². The van der Waals surface area contributed by atoms with E-state index >= 15 is 0 Å². The van der Waals surface area contributed by atoms with E-state index in [1.165, 1.54) is 11.6 Å². The van der Waals surface area contributed by atoms with E-state index in [2.05, 4.69) is 33.3 Å². The minimum atomic E-state index is -5.68. The summed E-state index contributed by atoms with van der Waals surface area (Å²) in [4.78, 5) is 2.56. The molecule has 2 bridgehead atoms. The van der Waals surface area contributed by atoms with Crippen LogP contribution in [0.2, 0.25) is 0 Å². The maximum Gasteiger partial charge on any atom is 0.534 e. The van der Waals surface area contributed by atoms with Gasteiger partial charge in [0, 0.05) is 18.0 Å². The molecule has 1 saturated carbocycles. The molecule has 0 aromatic heterocycles. The zero-order valence-electron chi connectivity index (χ0n) is 17.6. The molecule has 0 amide bonds. The maximum absolute atomic E-state index is 12.8. The first-order chi connectivity index (χ1) is 15.2. The lowest BCUT2D eigenvalue weighted by Crippen LogP contribution is -2.60. The quantitative estimate of drug-likeness (QED) is 0.462. The van der Waals surface area contributed by atoms with Crippen molar-refractivity contribution in [1.29, 1.82) is 0 Å². The van der Waals surface area contributed by atoms with E-state index in [-0.39, 0.29) is 11.2 Å². The second-order valence-electron chi connectivity index (χ2n) is 9.29. The third-order valence-electron chi connectivity index (χ3n) is 7.64. The zero-order chi connectivity index (χ0) is 22.6. The summed E-state index contributed by atoms with van der Waals surface area (Å²) < 4.78 is 66.1. The lowest BCUT2D eigenvalue weighted by atomic mass is 9.52. The Bertz CT molecular complexity index is 1100. The summed E-state index contributed by atoms with van der Waals surface area (Å²) in [5.74, 6) is 0.167. The molecule has 4 nitrogen and oxygen atoms in total. The summed E-state index contributed by atoms with van der Waals surface area (Å²) in [6, 6.07) is 15.5. The van der Waals surface area contributed by atoms with Gasteiger partial charge in [-0.15, -0.1) is 0 Å². The number of alkyl halides is 3. The highest BCUT2D eigenvalue weighted by Crippen LogP contribution is 2.56. The Morgan fingerprint density at radius 3 is 2.59 bits per heavy atom. The summed E-state index contributed by atoms with van der Waals surface area (Å²) in [5, 5.41) is 0. The molecule has 1 saturated heterocycles. The van der Waals surface area contributed by atoms with Gasteiger partial charge in [-0.2, -0.15) is 21.6 Å². The van der Waals surface area contributed by atoms with Gasteiger partial charge in [-0.1, -0.05) is 49.2 Å². The van der Waals surface area contributed by atoms with Crippen LogP contribution in [0, 0.1) is 5.92 Å². The van der Waals surface area contributed by atoms with Crippen molar-refractivity contribution in [2.75, 3.05) is 6.54 Å². The lowest BCUT2D eigenvalue weighted by molar-refractivity contribution is -0.0500. The number of hydrogen-bond donors (Lipinski definition) is 0. The monoisotopic (exact) mass is 465 g/mol. The van der Waals surface area contributed by atoms with Gasteiger partial charge in [0.15, 0.2) is 0 Å². The van der Waals surface area contributed by atoms with Crippen molar-refractivity contribution >= 4 is 10.1 Å². The van der Waals surface area contributed by atoms with E-state index < -0.39 is 15.6 Å². The molecular weight excluding hydrogens is 439 g/mol. The van der Waals surface area contributed by atoms with E-state index in [0.29, 0.717) is 12.0 Å². The van der Waals surface area contributed by atoms with Crippen molar-refractivity contribution in [3.63, 3.8) is 0 Å². The standard InChI is InChI=1S/C24H26F3NO3S/c25-24(26,27)32(29,30)31-19-10-9-18-14-22-20-8-4-5-11-23(20,21(18)15-19)12-13-28(22)16-17-6-2-1-3-7-17/h1-3,6-7,9-10,15,20,22H,4-5,8,11-14,16H2. The molecule has 5 rings (SSSR count). The van der Waals surface area contributed by atoms with Crippen LogP contribution in [-0.2, 0) is 28.5 Å². The summed E-state index contributed by atoms with van der Waals surface area (Å²) in [5.41, 5.74) is -2.19. The van der Waals surface area contributed by atoms with E-state index in [9.17, 15) is 21.6 Å². The van der Waals surface area contributed by atoms with Gasteiger partial charge in [0.2, 0.25) is 0 Å². The molecule has 0 N–H and O–H groups in total. The van der Waals surface area contributed by atoms with E-state index in [1.54, 1.807) is 12.1 Å². The molecule has 2 fully saturated rings. The van der Waals surface area contributed by atoms with Crippen molar-refractivity contribution in [3.8, 4) is 5.75 Å². The SMILES string of the molecule is O=S(=O)(Oc1ccc2c(c1)C13CCCCC1C(C2)N(Cc1ccccc1)CC3)C(F)(F)F. The van der Waals surface area contributed by atoms with Crippen LogP contribution in [0.15, 0.2) is 48.5 Å².